The summed E-state index contributed by atoms with van der Waals surface area (Å²) < 4.78 is 15.5. The van der Waals surface area contributed by atoms with Crippen LogP contribution in [0.4, 0.5) is 10.1 Å². The Morgan fingerprint density at radius 1 is 1.11 bits per heavy atom. The molecule has 0 saturated heterocycles. The molecule has 2 rings (SSSR count). The van der Waals surface area contributed by atoms with Gasteiger partial charge in [-0.25, -0.2) is 4.39 Å². The highest BCUT2D eigenvalue weighted by Crippen LogP contribution is 2.31. The Balaban J connectivity index is 2.16. The molecule has 0 aliphatic carbocycles. The zero-order chi connectivity index (χ0) is 13.1. The monoisotopic (exact) mass is 391 g/mol. The summed E-state index contributed by atoms with van der Waals surface area (Å²) in [5, 5.41) is 3.58. The van der Waals surface area contributed by atoms with Crippen LogP contribution in [0.5, 0.6) is 0 Å². The first-order valence-corrected chi connectivity index (χ1v) is 7.16. The van der Waals surface area contributed by atoms with Gasteiger partial charge in [-0.05, 0) is 56.1 Å². The third kappa shape index (κ3) is 3.25. The number of para-hydroxylation sites is 1. The molecule has 0 bridgehead atoms. The lowest BCUT2D eigenvalue weighted by Gasteiger charge is -2.11. The van der Waals surface area contributed by atoms with E-state index in [1.165, 1.54) is 6.07 Å². The molecule has 0 radical (unpaired) electrons. The molecule has 0 aliphatic heterocycles. The molecule has 0 atom stereocenters. The zero-order valence-corrected chi connectivity index (χ0v) is 13.1. The van der Waals surface area contributed by atoms with Crippen molar-refractivity contribution in [2.45, 2.75) is 6.54 Å². The lowest BCUT2D eigenvalue weighted by Crippen LogP contribution is -2.03. The molecule has 2 aromatic carbocycles. The van der Waals surface area contributed by atoms with Gasteiger partial charge in [-0.15, -0.1) is 0 Å². The molecule has 0 aliphatic rings. The summed E-state index contributed by atoms with van der Waals surface area (Å²) in [6.45, 7) is 0.393. The third-order valence-electron chi connectivity index (χ3n) is 2.43. The number of halogens is 4. The van der Waals surface area contributed by atoms with Gasteiger partial charge in [0.05, 0.1) is 5.69 Å². The lowest BCUT2D eigenvalue weighted by atomic mass is 10.2. The van der Waals surface area contributed by atoms with Crippen LogP contribution in [0.25, 0.3) is 0 Å². The molecular formula is C13H9Br2ClFN. The summed E-state index contributed by atoms with van der Waals surface area (Å²) in [7, 11) is 0. The van der Waals surface area contributed by atoms with Gasteiger partial charge in [-0.3, -0.25) is 0 Å². The first-order valence-electron chi connectivity index (χ1n) is 5.20. The van der Waals surface area contributed by atoms with E-state index in [0.29, 0.717) is 17.1 Å². The Kier molecular flexibility index (Phi) is 4.65. The molecule has 0 saturated carbocycles. The van der Waals surface area contributed by atoms with Crippen LogP contribution in [0, 0.1) is 5.82 Å². The minimum Gasteiger partial charge on any atom is -0.379 e. The molecule has 5 heteroatoms. The van der Waals surface area contributed by atoms with E-state index in [1.807, 2.05) is 18.2 Å². The first-order chi connectivity index (χ1) is 8.58. The molecule has 0 aromatic heterocycles. The van der Waals surface area contributed by atoms with Crippen molar-refractivity contribution in [1.29, 1.82) is 0 Å². The summed E-state index contributed by atoms with van der Waals surface area (Å²) in [5.74, 6) is -0.307. The van der Waals surface area contributed by atoms with Gasteiger partial charge in [-0.2, -0.15) is 0 Å². The lowest BCUT2D eigenvalue weighted by molar-refractivity contribution is 0.613. The van der Waals surface area contributed by atoms with Crippen molar-refractivity contribution in [1.82, 2.24) is 0 Å². The van der Waals surface area contributed by atoms with Crippen LogP contribution in [0.1, 0.15) is 5.56 Å². The number of benzene rings is 2. The molecule has 0 spiro atoms. The molecule has 1 N–H and O–H groups in total. The highest BCUT2D eigenvalue weighted by molar-refractivity contribution is 9.11. The average Bonchev–Trinajstić information content (AvgIpc) is 2.31. The smallest absolute Gasteiger partial charge is 0.129 e. The van der Waals surface area contributed by atoms with E-state index < -0.39 is 0 Å². The van der Waals surface area contributed by atoms with E-state index in [4.69, 9.17) is 11.6 Å². The Hall–Kier alpha value is -0.580. The van der Waals surface area contributed by atoms with Crippen LogP contribution >= 0.6 is 43.5 Å². The molecule has 18 heavy (non-hydrogen) atoms. The fourth-order valence-electron chi connectivity index (χ4n) is 1.52. The molecule has 0 amide bonds. The number of nitrogens with one attached hydrogen (secondary N) is 1. The van der Waals surface area contributed by atoms with Crippen LogP contribution in [-0.4, -0.2) is 0 Å². The number of anilines is 1. The van der Waals surface area contributed by atoms with Crippen LogP contribution in [0.15, 0.2) is 45.3 Å². The molecule has 94 valence electrons. The Morgan fingerprint density at radius 3 is 2.39 bits per heavy atom. The Bertz CT molecular complexity index is 555. The third-order valence-corrected chi connectivity index (χ3v) is 3.99. The van der Waals surface area contributed by atoms with E-state index in [-0.39, 0.29) is 5.82 Å². The van der Waals surface area contributed by atoms with Gasteiger partial charge in [0.15, 0.2) is 0 Å². The van der Waals surface area contributed by atoms with E-state index in [1.54, 1.807) is 12.1 Å². The number of hydrogen-bond donors (Lipinski definition) is 1. The van der Waals surface area contributed by atoms with Crippen molar-refractivity contribution in [3.05, 3.63) is 61.7 Å². The SMILES string of the molecule is Fc1cc(Cl)ccc1CNc1c(Br)cccc1Br. The van der Waals surface area contributed by atoms with E-state index in [0.717, 1.165) is 14.6 Å². The standard InChI is InChI=1S/C13H9Br2ClFN/c14-10-2-1-3-11(15)13(10)18-7-8-4-5-9(16)6-12(8)17/h1-6,18H,7H2. The van der Waals surface area contributed by atoms with Crippen LogP contribution in [0.2, 0.25) is 5.02 Å². The maximum absolute atomic E-state index is 13.6. The van der Waals surface area contributed by atoms with Gasteiger partial charge < -0.3 is 5.32 Å². The van der Waals surface area contributed by atoms with Crippen LogP contribution in [-0.2, 0) is 6.54 Å². The van der Waals surface area contributed by atoms with Gasteiger partial charge in [0, 0.05) is 26.1 Å². The Labute approximate surface area is 127 Å². The second kappa shape index (κ2) is 6.04. The van der Waals surface area contributed by atoms with Crippen LogP contribution < -0.4 is 5.32 Å². The summed E-state index contributed by atoms with van der Waals surface area (Å²) in [5.41, 5.74) is 1.47. The van der Waals surface area contributed by atoms with Crippen molar-refractivity contribution in [3.63, 3.8) is 0 Å². The van der Waals surface area contributed by atoms with Gasteiger partial charge in [-0.1, -0.05) is 23.7 Å². The summed E-state index contributed by atoms with van der Waals surface area (Å²) in [6, 6.07) is 10.4. The number of rotatable bonds is 3. The predicted molar refractivity (Wildman–Crippen MR) is 80.6 cm³/mol. The van der Waals surface area contributed by atoms with Gasteiger partial charge in [0.25, 0.3) is 0 Å². The summed E-state index contributed by atoms with van der Waals surface area (Å²) in [6.07, 6.45) is 0. The van der Waals surface area contributed by atoms with Gasteiger partial charge in [0.2, 0.25) is 0 Å². The maximum atomic E-state index is 13.6. The van der Waals surface area contributed by atoms with E-state index in [9.17, 15) is 4.39 Å². The normalized spacial score (nSPS) is 10.4. The molecule has 0 heterocycles. The van der Waals surface area contributed by atoms with E-state index in [2.05, 4.69) is 37.2 Å². The zero-order valence-electron chi connectivity index (χ0n) is 9.18. The minimum absolute atomic E-state index is 0.307. The topological polar surface area (TPSA) is 12.0 Å². The Morgan fingerprint density at radius 2 is 1.78 bits per heavy atom. The first kappa shape index (κ1) is 13.8. The van der Waals surface area contributed by atoms with Crippen molar-refractivity contribution in [2.24, 2.45) is 0 Å². The summed E-state index contributed by atoms with van der Waals surface area (Å²) in [4.78, 5) is 0. The average molecular weight is 393 g/mol. The second-order valence-electron chi connectivity index (χ2n) is 3.69. The van der Waals surface area contributed by atoms with Crippen molar-refractivity contribution >= 4 is 49.1 Å². The number of hydrogen-bond acceptors (Lipinski definition) is 1. The highest BCUT2D eigenvalue weighted by Gasteiger charge is 2.06. The molecule has 0 unspecified atom stereocenters. The predicted octanol–water partition coefficient (Wildman–Crippen LogP) is 5.62. The molecule has 2 aromatic rings. The summed E-state index contributed by atoms with van der Waals surface area (Å²) >= 11 is 12.6. The van der Waals surface area contributed by atoms with Gasteiger partial charge in [0.1, 0.15) is 5.82 Å². The highest BCUT2D eigenvalue weighted by atomic mass is 79.9. The molecule has 0 fully saturated rings. The molecule has 1 nitrogen and oxygen atoms in total. The quantitative estimate of drug-likeness (QED) is 0.714. The van der Waals surface area contributed by atoms with Crippen LogP contribution in [0.3, 0.4) is 0 Å². The fraction of sp³-hybridized carbons (Fsp3) is 0.0769. The fourth-order valence-corrected chi connectivity index (χ4v) is 2.95. The van der Waals surface area contributed by atoms with Crippen molar-refractivity contribution in [2.75, 3.05) is 5.32 Å². The van der Waals surface area contributed by atoms with Crippen molar-refractivity contribution in [3.8, 4) is 0 Å². The molecular weight excluding hydrogens is 384 g/mol. The minimum atomic E-state index is -0.307. The van der Waals surface area contributed by atoms with E-state index >= 15 is 0 Å². The largest absolute Gasteiger partial charge is 0.379 e. The second-order valence-corrected chi connectivity index (χ2v) is 5.83. The maximum Gasteiger partial charge on any atom is 0.129 e. The van der Waals surface area contributed by atoms with Gasteiger partial charge >= 0.3 is 0 Å². The van der Waals surface area contributed by atoms with Crippen molar-refractivity contribution < 1.29 is 4.39 Å².